The highest BCUT2D eigenvalue weighted by atomic mass is 15.2. The third-order valence-corrected chi connectivity index (χ3v) is 2.27. The van der Waals surface area contributed by atoms with E-state index in [2.05, 4.69) is 31.1 Å². The molecular weight excluding hydrogens is 112 g/mol. The SMILES string of the molecule is CC1CNC[C@H](C)N1C. The highest BCUT2D eigenvalue weighted by Crippen LogP contribution is 2.04. The topological polar surface area (TPSA) is 15.3 Å². The molecule has 2 nitrogen and oxygen atoms in total. The largest absolute Gasteiger partial charge is 0.314 e. The summed E-state index contributed by atoms with van der Waals surface area (Å²) in [6.07, 6.45) is 0. The molecule has 1 aliphatic heterocycles. The molecule has 0 amide bonds. The molecule has 0 bridgehead atoms. The fourth-order valence-corrected chi connectivity index (χ4v) is 1.22. The van der Waals surface area contributed by atoms with Crippen molar-refractivity contribution >= 4 is 0 Å². The maximum absolute atomic E-state index is 3.37. The average Bonchev–Trinajstić information content (AvgIpc) is 1.83. The number of piperazine rings is 1. The maximum atomic E-state index is 3.37. The highest BCUT2D eigenvalue weighted by Gasteiger charge is 2.19. The molecule has 0 aromatic carbocycles. The smallest absolute Gasteiger partial charge is 0.0192 e. The molecule has 1 rings (SSSR count). The number of hydrogen-bond donors (Lipinski definition) is 1. The van der Waals surface area contributed by atoms with Crippen LogP contribution in [0.2, 0.25) is 0 Å². The fourth-order valence-electron chi connectivity index (χ4n) is 1.22. The lowest BCUT2D eigenvalue weighted by atomic mass is 10.1. The van der Waals surface area contributed by atoms with Crippen LogP contribution < -0.4 is 5.32 Å². The van der Waals surface area contributed by atoms with E-state index in [9.17, 15) is 0 Å². The predicted octanol–water partition coefficient (Wildman–Crippen LogP) is 0.298. The van der Waals surface area contributed by atoms with Gasteiger partial charge < -0.3 is 5.32 Å². The first kappa shape index (κ1) is 7.03. The second-order valence-corrected chi connectivity index (χ2v) is 3.02. The van der Waals surface area contributed by atoms with E-state index in [4.69, 9.17) is 0 Å². The van der Waals surface area contributed by atoms with Crippen molar-refractivity contribution in [2.75, 3.05) is 20.1 Å². The number of nitrogens with zero attached hydrogens (tertiary/aromatic N) is 1. The monoisotopic (exact) mass is 128 g/mol. The van der Waals surface area contributed by atoms with E-state index in [1.807, 2.05) is 0 Å². The Hall–Kier alpha value is -0.0800. The highest BCUT2D eigenvalue weighted by molar-refractivity contribution is 4.79. The van der Waals surface area contributed by atoms with Crippen molar-refractivity contribution in [3.8, 4) is 0 Å². The summed E-state index contributed by atoms with van der Waals surface area (Å²) in [6, 6.07) is 1.41. The van der Waals surface area contributed by atoms with E-state index in [1.54, 1.807) is 0 Å². The van der Waals surface area contributed by atoms with Crippen LogP contribution >= 0.6 is 0 Å². The Morgan fingerprint density at radius 3 is 2.00 bits per heavy atom. The number of rotatable bonds is 0. The van der Waals surface area contributed by atoms with Gasteiger partial charge in [-0.05, 0) is 20.9 Å². The number of nitrogens with one attached hydrogen (secondary N) is 1. The minimum absolute atomic E-state index is 0.703. The van der Waals surface area contributed by atoms with Crippen molar-refractivity contribution in [3.63, 3.8) is 0 Å². The van der Waals surface area contributed by atoms with E-state index in [1.165, 1.54) is 0 Å². The van der Waals surface area contributed by atoms with Gasteiger partial charge in [0.05, 0.1) is 0 Å². The fraction of sp³-hybridized carbons (Fsp3) is 1.00. The molecule has 0 aliphatic carbocycles. The molecule has 1 saturated heterocycles. The van der Waals surface area contributed by atoms with Gasteiger partial charge in [-0.3, -0.25) is 4.90 Å². The van der Waals surface area contributed by atoms with Gasteiger partial charge in [-0.1, -0.05) is 0 Å². The Morgan fingerprint density at radius 2 is 1.67 bits per heavy atom. The molecular formula is C7H16N2. The summed E-state index contributed by atoms with van der Waals surface area (Å²) >= 11 is 0. The summed E-state index contributed by atoms with van der Waals surface area (Å²) in [6.45, 7) is 6.78. The van der Waals surface area contributed by atoms with Crippen LogP contribution in [-0.2, 0) is 0 Å². The molecule has 1 unspecified atom stereocenters. The summed E-state index contributed by atoms with van der Waals surface area (Å²) in [5.41, 5.74) is 0. The van der Waals surface area contributed by atoms with Gasteiger partial charge >= 0.3 is 0 Å². The lowest BCUT2D eigenvalue weighted by Crippen LogP contribution is -2.52. The van der Waals surface area contributed by atoms with Crippen molar-refractivity contribution in [3.05, 3.63) is 0 Å². The van der Waals surface area contributed by atoms with Crippen molar-refractivity contribution < 1.29 is 0 Å². The predicted molar refractivity (Wildman–Crippen MR) is 39.6 cm³/mol. The second-order valence-electron chi connectivity index (χ2n) is 3.02. The Kier molecular flexibility index (Phi) is 2.09. The van der Waals surface area contributed by atoms with Crippen LogP contribution in [0.1, 0.15) is 13.8 Å². The summed E-state index contributed by atoms with van der Waals surface area (Å²) in [5.74, 6) is 0. The first-order chi connectivity index (χ1) is 4.22. The molecule has 0 spiro atoms. The van der Waals surface area contributed by atoms with Crippen LogP contribution in [0.3, 0.4) is 0 Å². The maximum Gasteiger partial charge on any atom is 0.0192 e. The lowest BCUT2D eigenvalue weighted by Gasteiger charge is -2.36. The second kappa shape index (κ2) is 2.67. The van der Waals surface area contributed by atoms with Crippen LogP contribution in [0, 0.1) is 0 Å². The van der Waals surface area contributed by atoms with E-state index >= 15 is 0 Å². The third-order valence-electron chi connectivity index (χ3n) is 2.27. The molecule has 0 radical (unpaired) electrons. The van der Waals surface area contributed by atoms with Gasteiger partial charge in [-0.15, -0.1) is 0 Å². The van der Waals surface area contributed by atoms with Crippen LogP contribution in [0.15, 0.2) is 0 Å². The molecule has 1 N–H and O–H groups in total. The Morgan fingerprint density at radius 1 is 1.22 bits per heavy atom. The van der Waals surface area contributed by atoms with Crippen molar-refractivity contribution in [1.29, 1.82) is 0 Å². The standard InChI is InChI=1S/C7H16N2/c1-6-4-8-5-7(2)9(6)3/h6-8H,4-5H2,1-3H3/t6-,7?/m0/s1. The zero-order valence-corrected chi connectivity index (χ0v) is 6.52. The molecule has 0 aromatic rings. The number of likely N-dealkylation sites (N-methyl/N-ethyl adjacent to an activating group) is 1. The van der Waals surface area contributed by atoms with E-state index < -0.39 is 0 Å². The van der Waals surface area contributed by atoms with Crippen LogP contribution in [0.4, 0.5) is 0 Å². The zero-order chi connectivity index (χ0) is 6.85. The Balaban J connectivity index is 2.41. The molecule has 0 saturated carbocycles. The van der Waals surface area contributed by atoms with Crippen LogP contribution in [-0.4, -0.2) is 37.1 Å². The minimum Gasteiger partial charge on any atom is -0.314 e. The summed E-state index contributed by atoms with van der Waals surface area (Å²) in [7, 11) is 2.19. The van der Waals surface area contributed by atoms with Gasteiger partial charge in [0.15, 0.2) is 0 Å². The van der Waals surface area contributed by atoms with Crippen molar-refractivity contribution in [2.45, 2.75) is 25.9 Å². The van der Waals surface area contributed by atoms with E-state index in [-0.39, 0.29) is 0 Å². The van der Waals surface area contributed by atoms with Gasteiger partial charge in [0.2, 0.25) is 0 Å². The summed E-state index contributed by atoms with van der Waals surface area (Å²) in [4.78, 5) is 2.41. The summed E-state index contributed by atoms with van der Waals surface area (Å²) in [5, 5.41) is 3.37. The van der Waals surface area contributed by atoms with Crippen molar-refractivity contribution in [2.24, 2.45) is 0 Å². The number of hydrogen-bond acceptors (Lipinski definition) is 2. The van der Waals surface area contributed by atoms with Gasteiger partial charge in [-0.25, -0.2) is 0 Å². The molecule has 2 heteroatoms. The van der Waals surface area contributed by atoms with Crippen molar-refractivity contribution in [1.82, 2.24) is 10.2 Å². The first-order valence-electron chi connectivity index (χ1n) is 3.64. The lowest BCUT2D eigenvalue weighted by molar-refractivity contribution is 0.152. The summed E-state index contributed by atoms with van der Waals surface area (Å²) < 4.78 is 0. The normalized spacial score (nSPS) is 39.0. The molecule has 1 heterocycles. The Bertz CT molecular complexity index is 82.9. The van der Waals surface area contributed by atoms with Gasteiger partial charge in [0.1, 0.15) is 0 Å². The minimum atomic E-state index is 0.703. The molecule has 1 aliphatic rings. The molecule has 0 aromatic heterocycles. The van der Waals surface area contributed by atoms with E-state index in [0.29, 0.717) is 12.1 Å². The third kappa shape index (κ3) is 1.43. The molecule has 2 atom stereocenters. The quantitative estimate of drug-likeness (QED) is 0.504. The average molecular weight is 128 g/mol. The van der Waals surface area contributed by atoms with Crippen LogP contribution in [0.5, 0.6) is 0 Å². The molecule has 9 heavy (non-hydrogen) atoms. The molecule has 1 fully saturated rings. The van der Waals surface area contributed by atoms with E-state index in [0.717, 1.165) is 13.1 Å². The zero-order valence-electron chi connectivity index (χ0n) is 6.52. The van der Waals surface area contributed by atoms with Crippen LogP contribution in [0.25, 0.3) is 0 Å². The van der Waals surface area contributed by atoms with Gasteiger partial charge in [0.25, 0.3) is 0 Å². The van der Waals surface area contributed by atoms with Gasteiger partial charge in [-0.2, -0.15) is 0 Å². The Labute approximate surface area is 57.2 Å². The molecule has 54 valence electrons. The van der Waals surface area contributed by atoms with Gasteiger partial charge in [0, 0.05) is 25.2 Å². The first-order valence-corrected chi connectivity index (χ1v) is 3.64.